The Morgan fingerprint density at radius 1 is 1.02 bits per heavy atom. The summed E-state index contributed by atoms with van der Waals surface area (Å²) in [7, 11) is -2.42. The Morgan fingerprint density at radius 3 is 2.48 bits per heavy atom. The number of amides is 1. The van der Waals surface area contributed by atoms with Crippen molar-refractivity contribution in [3.05, 3.63) is 107 Å². The third kappa shape index (κ3) is 5.36. The van der Waals surface area contributed by atoms with Crippen molar-refractivity contribution in [1.29, 1.82) is 0 Å². The molecular formula is C29H25ClN4O5S. The van der Waals surface area contributed by atoms with E-state index in [-0.39, 0.29) is 23.2 Å². The van der Waals surface area contributed by atoms with Gasteiger partial charge in [-0.3, -0.25) is 4.79 Å². The summed E-state index contributed by atoms with van der Waals surface area (Å²) in [4.78, 5) is 19.1. The van der Waals surface area contributed by atoms with Gasteiger partial charge in [0, 0.05) is 30.3 Å². The summed E-state index contributed by atoms with van der Waals surface area (Å²) in [5, 5.41) is 4.18. The van der Waals surface area contributed by atoms with Crippen molar-refractivity contribution < 1.29 is 22.2 Å². The Balaban J connectivity index is 1.59. The molecule has 2 aromatic heterocycles. The molecule has 9 nitrogen and oxygen atoms in total. The number of carbonyl (C=O) groups excluding carboxylic acids is 1. The van der Waals surface area contributed by atoms with E-state index in [1.807, 2.05) is 6.07 Å². The average molecular weight is 577 g/mol. The number of aromatic nitrogens is 2. The number of anilines is 1. The monoisotopic (exact) mass is 576 g/mol. The summed E-state index contributed by atoms with van der Waals surface area (Å²) < 4.78 is 40.3. The minimum atomic E-state index is -4.08. The van der Waals surface area contributed by atoms with E-state index >= 15 is 0 Å². The van der Waals surface area contributed by atoms with Crippen LogP contribution in [0.1, 0.15) is 27.2 Å². The Kier molecular flexibility index (Phi) is 7.46. The van der Waals surface area contributed by atoms with Crippen molar-refractivity contribution in [2.24, 2.45) is 0 Å². The summed E-state index contributed by atoms with van der Waals surface area (Å²) >= 11 is 6.28. The summed E-state index contributed by atoms with van der Waals surface area (Å²) in [6, 6.07) is 18.9. The number of hydrogen-bond acceptors (Lipinski definition) is 7. The number of oxazole rings is 1. The molecule has 0 spiro atoms. The van der Waals surface area contributed by atoms with E-state index in [4.69, 9.17) is 20.5 Å². The summed E-state index contributed by atoms with van der Waals surface area (Å²) in [5.41, 5.74) is 3.94. The van der Waals surface area contributed by atoms with E-state index in [1.165, 1.54) is 23.4 Å². The Hall–Kier alpha value is -4.41. The lowest BCUT2D eigenvalue weighted by molar-refractivity contribution is 0.0785. The molecule has 204 valence electrons. The molecule has 3 aromatic carbocycles. The minimum Gasteiger partial charge on any atom is -0.445 e. The van der Waals surface area contributed by atoms with Crippen molar-refractivity contribution in [2.75, 3.05) is 11.8 Å². The Labute approximate surface area is 236 Å². The highest BCUT2D eigenvalue weighted by molar-refractivity contribution is 7.92. The topological polar surface area (TPSA) is 119 Å². The first-order valence-corrected chi connectivity index (χ1v) is 14.1. The molecule has 11 heteroatoms. The molecule has 40 heavy (non-hydrogen) atoms. The van der Waals surface area contributed by atoms with E-state index in [1.54, 1.807) is 75.5 Å². The van der Waals surface area contributed by atoms with Crippen LogP contribution < -0.4 is 4.72 Å². The van der Waals surface area contributed by atoms with E-state index in [2.05, 4.69) is 14.9 Å². The van der Waals surface area contributed by atoms with Gasteiger partial charge in [0.15, 0.2) is 0 Å². The van der Waals surface area contributed by atoms with Gasteiger partial charge >= 0.3 is 0 Å². The highest BCUT2D eigenvalue weighted by atomic mass is 35.5. The Bertz CT molecular complexity index is 1800. The normalized spacial score (nSPS) is 11.4. The maximum Gasteiger partial charge on any atom is 0.264 e. The van der Waals surface area contributed by atoms with Crippen LogP contribution in [0, 0.1) is 13.8 Å². The van der Waals surface area contributed by atoms with Crippen molar-refractivity contribution in [3.63, 3.8) is 0 Å². The van der Waals surface area contributed by atoms with Crippen LogP contribution in [-0.4, -0.2) is 36.4 Å². The molecule has 0 saturated carbocycles. The van der Waals surface area contributed by atoms with Crippen molar-refractivity contribution in [3.8, 4) is 22.6 Å². The molecule has 0 aliphatic carbocycles. The number of rotatable bonds is 8. The van der Waals surface area contributed by atoms with Crippen LogP contribution in [0.3, 0.4) is 0 Å². The third-order valence-electron chi connectivity index (χ3n) is 6.49. The lowest BCUT2D eigenvalue weighted by atomic mass is 9.96. The molecule has 0 radical (unpaired) electrons. The minimum absolute atomic E-state index is 0.0358. The third-order valence-corrected chi connectivity index (χ3v) is 8.21. The van der Waals surface area contributed by atoms with Crippen LogP contribution in [-0.2, 0) is 16.6 Å². The molecule has 0 atom stereocenters. The molecule has 5 rings (SSSR count). The van der Waals surface area contributed by atoms with Gasteiger partial charge in [-0.2, -0.15) is 0 Å². The predicted octanol–water partition coefficient (Wildman–Crippen LogP) is 6.34. The van der Waals surface area contributed by atoms with Crippen LogP contribution in [0.15, 0.2) is 93.0 Å². The highest BCUT2D eigenvalue weighted by Gasteiger charge is 2.25. The van der Waals surface area contributed by atoms with Crippen molar-refractivity contribution >= 4 is 33.4 Å². The van der Waals surface area contributed by atoms with Crippen molar-refractivity contribution in [1.82, 2.24) is 15.0 Å². The highest BCUT2D eigenvalue weighted by Crippen LogP contribution is 2.35. The number of aryl methyl sites for hydroxylation is 1. The van der Waals surface area contributed by atoms with Crippen LogP contribution in [0.25, 0.3) is 22.6 Å². The van der Waals surface area contributed by atoms with Gasteiger partial charge in [-0.25, -0.2) is 18.1 Å². The van der Waals surface area contributed by atoms with Crippen LogP contribution in [0.4, 0.5) is 5.88 Å². The first-order valence-electron chi connectivity index (χ1n) is 12.2. The number of halogens is 1. The number of hydrogen-bond donors (Lipinski definition) is 1. The molecule has 0 bridgehead atoms. The number of nitrogens with zero attached hydrogens (tertiary/aromatic N) is 3. The zero-order valence-electron chi connectivity index (χ0n) is 21.9. The standard InChI is InChI=1S/C29H25ClN4O5S/c1-18-19(2)32-39-27(18)33-40(36,37)26-11-7-5-8-23(26)22-13-12-20(28-31-14-15-38-28)16-21(22)17-34(3)29(35)24-9-4-6-10-25(24)30/h4-16,33H,17H2,1-3H3. The first kappa shape index (κ1) is 27.2. The van der Waals surface area contributed by atoms with Gasteiger partial charge in [0.05, 0.1) is 27.4 Å². The molecule has 1 N–H and O–H groups in total. The number of sulfonamides is 1. The lowest BCUT2D eigenvalue weighted by Gasteiger charge is -2.21. The fourth-order valence-electron chi connectivity index (χ4n) is 4.26. The first-order chi connectivity index (χ1) is 19.2. The molecular weight excluding hydrogens is 552 g/mol. The number of nitrogens with one attached hydrogen (secondary N) is 1. The molecule has 0 unspecified atom stereocenters. The summed E-state index contributed by atoms with van der Waals surface area (Å²) in [5.74, 6) is 0.167. The van der Waals surface area contributed by atoms with E-state index in [9.17, 15) is 13.2 Å². The molecule has 0 saturated heterocycles. The van der Waals surface area contributed by atoms with Gasteiger partial charge in [0.25, 0.3) is 15.9 Å². The lowest BCUT2D eigenvalue weighted by Crippen LogP contribution is -2.26. The van der Waals surface area contributed by atoms with Gasteiger partial charge in [-0.15, -0.1) is 0 Å². The molecule has 0 aliphatic heterocycles. The second-order valence-electron chi connectivity index (χ2n) is 9.17. The van der Waals surface area contributed by atoms with Gasteiger partial charge in [0.1, 0.15) is 6.26 Å². The molecule has 2 heterocycles. The molecule has 5 aromatic rings. The van der Waals surface area contributed by atoms with Crippen LogP contribution in [0.5, 0.6) is 0 Å². The smallest absolute Gasteiger partial charge is 0.264 e. The quantitative estimate of drug-likeness (QED) is 0.229. The van der Waals surface area contributed by atoms with Crippen LogP contribution in [0.2, 0.25) is 5.02 Å². The number of carbonyl (C=O) groups is 1. The second-order valence-corrected chi connectivity index (χ2v) is 11.2. The largest absolute Gasteiger partial charge is 0.445 e. The summed E-state index contributed by atoms with van der Waals surface area (Å²) in [6.45, 7) is 3.60. The van der Waals surface area contributed by atoms with Crippen LogP contribution >= 0.6 is 11.6 Å². The fourth-order valence-corrected chi connectivity index (χ4v) is 5.75. The maximum absolute atomic E-state index is 13.6. The molecule has 1 amide bonds. The molecule has 0 fully saturated rings. The Morgan fingerprint density at radius 2 is 1.77 bits per heavy atom. The molecule has 0 aliphatic rings. The van der Waals surface area contributed by atoms with Gasteiger partial charge in [-0.05, 0) is 55.3 Å². The SMILES string of the molecule is Cc1noc(NS(=O)(=O)c2ccccc2-c2ccc(-c3ncco3)cc2CN(C)C(=O)c2ccccc2Cl)c1C. The average Bonchev–Trinajstić information content (AvgIpc) is 3.59. The fraction of sp³-hybridized carbons (Fsp3) is 0.138. The summed E-state index contributed by atoms with van der Waals surface area (Å²) in [6.07, 6.45) is 3.01. The predicted molar refractivity (Wildman–Crippen MR) is 151 cm³/mol. The maximum atomic E-state index is 13.6. The van der Waals surface area contributed by atoms with Crippen molar-refractivity contribution in [2.45, 2.75) is 25.3 Å². The number of benzene rings is 3. The van der Waals surface area contributed by atoms with Gasteiger partial charge in [0.2, 0.25) is 11.8 Å². The second kappa shape index (κ2) is 11.0. The van der Waals surface area contributed by atoms with E-state index in [0.29, 0.717) is 50.0 Å². The van der Waals surface area contributed by atoms with Gasteiger partial charge in [-0.1, -0.05) is 53.2 Å². The zero-order chi connectivity index (χ0) is 28.4. The van der Waals surface area contributed by atoms with E-state index in [0.717, 1.165) is 0 Å². The van der Waals surface area contributed by atoms with Gasteiger partial charge < -0.3 is 13.8 Å². The zero-order valence-corrected chi connectivity index (χ0v) is 23.5. The van der Waals surface area contributed by atoms with E-state index < -0.39 is 10.0 Å².